The van der Waals surface area contributed by atoms with Crippen molar-refractivity contribution in [2.45, 2.75) is 6.92 Å². The number of aromatic nitrogens is 1. The number of ether oxygens (including phenoxy) is 2. The van der Waals surface area contributed by atoms with E-state index in [1.807, 2.05) is 0 Å². The number of esters is 1. The van der Waals surface area contributed by atoms with E-state index < -0.39 is 5.97 Å². The van der Waals surface area contributed by atoms with Crippen molar-refractivity contribution in [3.63, 3.8) is 0 Å². The van der Waals surface area contributed by atoms with E-state index in [4.69, 9.17) is 4.74 Å². The standard InChI is InChI=1S/C11H11NO3/c1-3-15-11(13)7-6-9-10(14-2)5-4-8-12-9/h4-5,8H,3H2,1-2H3. The monoisotopic (exact) mass is 205 g/mol. The third kappa shape index (κ3) is 3.31. The Morgan fingerprint density at radius 3 is 3.07 bits per heavy atom. The van der Waals surface area contributed by atoms with Crippen LogP contribution in [0.3, 0.4) is 0 Å². The summed E-state index contributed by atoms with van der Waals surface area (Å²) < 4.78 is 9.68. The Bertz CT molecular complexity index is 404. The highest BCUT2D eigenvalue weighted by atomic mass is 16.5. The number of methoxy groups -OCH3 is 1. The Labute approximate surface area is 88.2 Å². The van der Waals surface area contributed by atoms with Gasteiger partial charge in [-0.05, 0) is 25.0 Å². The fraction of sp³-hybridized carbons (Fsp3) is 0.273. The summed E-state index contributed by atoms with van der Waals surface area (Å²) in [6.07, 6.45) is 1.58. The first-order valence-electron chi connectivity index (χ1n) is 4.45. The number of hydrogen-bond acceptors (Lipinski definition) is 4. The molecular formula is C11H11NO3. The second kappa shape index (κ2) is 5.66. The Hall–Kier alpha value is -2.02. The summed E-state index contributed by atoms with van der Waals surface area (Å²) >= 11 is 0. The smallest absolute Gasteiger partial charge is 0.384 e. The fourth-order valence-corrected chi connectivity index (χ4v) is 0.927. The molecule has 0 aliphatic heterocycles. The van der Waals surface area contributed by atoms with Crippen molar-refractivity contribution in [3.05, 3.63) is 24.0 Å². The maximum absolute atomic E-state index is 11.0. The van der Waals surface area contributed by atoms with Crippen LogP contribution in [0.2, 0.25) is 0 Å². The van der Waals surface area contributed by atoms with Gasteiger partial charge in [0, 0.05) is 12.1 Å². The van der Waals surface area contributed by atoms with Gasteiger partial charge in [-0.1, -0.05) is 0 Å². The van der Waals surface area contributed by atoms with Crippen LogP contribution < -0.4 is 4.74 Å². The van der Waals surface area contributed by atoms with Crippen LogP contribution in [0.4, 0.5) is 0 Å². The lowest BCUT2D eigenvalue weighted by atomic mass is 10.3. The number of carbonyl (C=O) groups excluding carboxylic acids is 1. The summed E-state index contributed by atoms with van der Waals surface area (Å²) in [6.45, 7) is 2.04. The van der Waals surface area contributed by atoms with Crippen LogP contribution in [0, 0.1) is 11.8 Å². The summed E-state index contributed by atoms with van der Waals surface area (Å²) in [7, 11) is 1.52. The highest BCUT2D eigenvalue weighted by Crippen LogP contribution is 2.12. The molecule has 0 atom stereocenters. The number of pyridine rings is 1. The van der Waals surface area contributed by atoms with Gasteiger partial charge in [0.15, 0.2) is 11.4 Å². The molecule has 0 aromatic carbocycles. The molecule has 15 heavy (non-hydrogen) atoms. The fourth-order valence-electron chi connectivity index (χ4n) is 0.927. The Morgan fingerprint density at radius 1 is 1.60 bits per heavy atom. The average Bonchev–Trinajstić information content (AvgIpc) is 2.27. The quantitative estimate of drug-likeness (QED) is 0.534. The number of nitrogens with zero attached hydrogens (tertiary/aromatic N) is 1. The lowest BCUT2D eigenvalue weighted by molar-refractivity contribution is -0.136. The van der Waals surface area contributed by atoms with Crippen molar-refractivity contribution in [3.8, 4) is 17.6 Å². The minimum atomic E-state index is -0.565. The molecule has 0 bridgehead atoms. The van der Waals surface area contributed by atoms with E-state index in [2.05, 4.69) is 21.6 Å². The highest BCUT2D eigenvalue weighted by Gasteiger charge is 1.99. The first kappa shape index (κ1) is 11.1. The molecule has 0 radical (unpaired) electrons. The molecule has 1 aromatic heterocycles. The van der Waals surface area contributed by atoms with Gasteiger partial charge in [-0.2, -0.15) is 0 Å². The molecule has 4 nitrogen and oxygen atoms in total. The molecule has 0 aliphatic carbocycles. The van der Waals surface area contributed by atoms with Crippen LogP contribution in [-0.2, 0) is 9.53 Å². The van der Waals surface area contributed by atoms with Gasteiger partial charge in [-0.25, -0.2) is 9.78 Å². The van der Waals surface area contributed by atoms with Crippen LogP contribution in [0.25, 0.3) is 0 Å². The predicted octanol–water partition coefficient (Wildman–Crippen LogP) is 1.00. The van der Waals surface area contributed by atoms with E-state index in [1.165, 1.54) is 7.11 Å². The van der Waals surface area contributed by atoms with Crippen molar-refractivity contribution >= 4 is 5.97 Å². The third-order valence-electron chi connectivity index (χ3n) is 1.55. The molecule has 1 aromatic rings. The van der Waals surface area contributed by atoms with Gasteiger partial charge in [-0.15, -0.1) is 0 Å². The summed E-state index contributed by atoms with van der Waals surface area (Å²) in [5, 5.41) is 0. The van der Waals surface area contributed by atoms with Crippen molar-refractivity contribution in [1.29, 1.82) is 0 Å². The van der Waals surface area contributed by atoms with Gasteiger partial charge >= 0.3 is 5.97 Å². The molecular weight excluding hydrogens is 194 g/mol. The van der Waals surface area contributed by atoms with E-state index >= 15 is 0 Å². The minimum Gasteiger partial charge on any atom is -0.494 e. The summed E-state index contributed by atoms with van der Waals surface area (Å²) in [6, 6.07) is 3.45. The Morgan fingerprint density at radius 2 is 2.40 bits per heavy atom. The van der Waals surface area contributed by atoms with Crippen LogP contribution >= 0.6 is 0 Å². The summed E-state index contributed by atoms with van der Waals surface area (Å²) in [4.78, 5) is 14.9. The van der Waals surface area contributed by atoms with Gasteiger partial charge in [0.2, 0.25) is 0 Å². The molecule has 4 heteroatoms. The average molecular weight is 205 g/mol. The summed E-state index contributed by atoms with van der Waals surface area (Å²) in [5.74, 6) is 4.88. The number of rotatable bonds is 2. The SMILES string of the molecule is CCOC(=O)C#Cc1ncccc1OC. The van der Waals surface area contributed by atoms with Crippen LogP contribution in [0.1, 0.15) is 12.6 Å². The van der Waals surface area contributed by atoms with Gasteiger partial charge < -0.3 is 9.47 Å². The zero-order valence-corrected chi connectivity index (χ0v) is 8.61. The van der Waals surface area contributed by atoms with E-state index in [0.29, 0.717) is 18.1 Å². The van der Waals surface area contributed by atoms with E-state index in [0.717, 1.165) is 0 Å². The molecule has 0 unspecified atom stereocenters. The number of carbonyl (C=O) groups is 1. The maximum atomic E-state index is 11.0. The largest absolute Gasteiger partial charge is 0.494 e. The molecule has 0 saturated heterocycles. The predicted molar refractivity (Wildman–Crippen MR) is 54.3 cm³/mol. The van der Waals surface area contributed by atoms with Crippen molar-refractivity contribution in [2.24, 2.45) is 0 Å². The van der Waals surface area contributed by atoms with Crippen molar-refractivity contribution in [2.75, 3.05) is 13.7 Å². The topological polar surface area (TPSA) is 48.4 Å². The molecule has 0 N–H and O–H groups in total. The van der Waals surface area contributed by atoms with Crippen molar-refractivity contribution < 1.29 is 14.3 Å². The number of hydrogen-bond donors (Lipinski definition) is 0. The Kier molecular flexibility index (Phi) is 4.17. The van der Waals surface area contributed by atoms with Crippen molar-refractivity contribution in [1.82, 2.24) is 4.98 Å². The van der Waals surface area contributed by atoms with Gasteiger partial charge in [0.25, 0.3) is 0 Å². The first-order valence-corrected chi connectivity index (χ1v) is 4.45. The molecule has 0 spiro atoms. The zero-order chi connectivity index (χ0) is 11.1. The van der Waals surface area contributed by atoms with Crippen LogP contribution in [0.15, 0.2) is 18.3 Å². The van der Waals surface area contributed by atoms with E-state index in [1.54, 1.807) is 25.3 Å². The molecule has 0 saturated carbocycles. The van der Waals surface area contributed by atoms with Crippen LogP contribution in [-0.4, -0.2) is 24.7 Å². The minimum absolute atomic E-state index is 0.312. The molecule has 1 heterocycles. The van der Waals surface area contributed by atoms with Gasteiger partial charge in [0.1, 0.15) is 0 Å². The van der Waals surface area contributed by atoms with Crippen LogP contribution in [0.5, 0.6) is 5.75 Å². The lowest BCUT2D eigenvalue weighted by Crippen LogP contribution is -2.00. The summed E-state index contributed by atoms with van der Waals surface area (Å²) in [5.41, 5.74) is 0.424. The lowest BCUT2D eigenvalue weighted by Gasteiger charge is -1.99. The molecule has 1 rings (SSSR count). The third-order valence-corrected chi connectivity index (χ3v) is 1.55. The molecule has 78 valence electrons. The normalized spacial score (nSPS) is 8.67. The van der Waals surface area contributed by atoms with Gasteiger partial charge in [-0.3, -0.25) is 0 Å². The molecule has 0 amide bonds. The first-order chi connectivity index (χ1) is 7.27. The Balaban J connectivity index is 2.83. The van der Waals surface area contributed by atoms with E-state index in [-0.39, 0.29) is 0 Å². The van der Waals surface area contributed by atoms with Gasteiger partial charge in [0.05, 0.1) is 13.7 Å². The zero-order valence-electron chi connectivity index (χ0n) is 8.61. The molecule has 0 fully saturated rings. The second-order valence-electron chi connectivity index (χ2n) is 2.52. The highest BCUT2D eigenvalue weighted by molar-refractivity contribution is 5.89. The van der Waals surface area contributed by atoms with E-state index in [9.17, 15) is 4.79 Å². The maximum Gasteiger partial charge on any atom is 0.384 e. The second-order valence-corrected chi connectivity index (χ2v) is 2.52. The molecule has 0 aliphatic rings.